The van der Waals surface area contributed by atoms with E-state index in [0.29, 0.717) is 0 Å². The van der Waals surface area contributed by atoms with Crippen LogP contribution >= 0.6 is 22.9 Å². The molecule has 2 aromatic rings. The summed E-state index contributed by atoms with van der Waals surface area (Å²) in [6, 6.07) is 4.10. The summed E-state index contributed by atoms with van der Waals surface area (Å²) in [5.74, 6) is 4.74. The van der Waals surface area contributed by atoms with E-state index in [2.05, 4.69) is 25.0 Å². The summed E-state index contributed by atoms with van der Waals surface area (Å²) in [6.45, 7) is 3.62. The summed E-state index contributed by atoms with van der Waals surface area (Å²) >= 11 is 0.0805. The van der Waals surface area contributed by atoms with Crippen molar-refractivity contribution in [2.75, 3.05) is 31.7 Å². The van der Waals surface area contributed by atoms with Gasteiger partial charge in [0.25, 0.3) is 0 Å². The molecule has 6 nitrogen and oxygen atoms in total. The summed E-state index contributed by atoms with van der Waals surface area (Å²) in [7, 11) is 4.07. The van der Waals surface area contributed by atoms with E-state index < -0.39 is 11.1 Å². The first-order valence-electron chi connectivity index (χ1n) is 7.46. The van der Waals surface area contributed by atoms with E-state index in [4.69, 9.17) is 4.42 Å². The van der Waals surface area contributed by atoms with Crippen LogP contribution in [0.5, 0.6) is 0 Å². The predicted molar refractivity (Wildman–Crippen MR) is 98.7 cm³/mol. The van der Waals surface area contributed by atoms with E-state index >= 15 is 0 Å². The first-order chi connectivity index (χ1) is 11.1. The van der Waals surface area contributed by atoms with E-state index in [1.165, 1.54) is 0 Å². The fourth-order valence-corrected chi connectivity index (χ4v) is 7.15. The molecule has 0 saturated heterocycles. The predicted octanol–water partition coefficient (Wildman–Crippen LogP) is 1.70. The topological polar surface area (TPSA) is 77.2 Å². The van der Waals surface area contributed by atoms with Gasteiger partial charge in [0.2, 0.25) is 0 Å². The molecule has 2 rings (SSSR count). The third-order valence-corrected chi connectivity index (χ3v) is 8.12. The van der Waals surface area contributed by atoms with Crippen LogP contribution in [0.1, 0.15) is 18.4 Å². The zero-order chi connectivity index (χ0) is 16.7. The van der Waals surface area contributed by atoms with Gasteiger partial charge in [0.15, 0.2) is 0 Å². The standard InChI is InChI=1S/C14H23AsN4O2S2/c1-4-16-14-13(17-23(20)18-14)15-7-8-22-10-12-6-5-11(21-12)9-19(2)3/h5-6,15H,4,7-10H2,1-3H3,(H,16,18). The Labute approximate surface area is 151 Å². The molecule has 2 heterocycles. The van der Waals surface area contributed by atoms with Crippen molar-refractivity contribution in [1.29, 1.82) is 0 Å². The molecule has 0 aliphatic rings. The summed E-state index contributed by atoms with van der Waals surface area (Å²) in [6.07, 6.45) is 0. The Kier molecular flexibility index (Phi) is 7.92. The molecule has 128 valence electrons. The van der Waals surface area contributed by atoms with Crippen LogP contribution in [0, 0.1) is 0 Å². The molecule has 23 heavy (non-hydrogen) atoms. The molecule has 0 aromatic carbocycles. The van der Waals surface area contributed by atoms with Crippen molar-refractivity contribution < 1.29 is 8.97 Å². The molecular formula is C14H23AsN4O2S2. The second-order valence-electron chi connectivity index (χ2n) is 5.23. The van der Waals surface area contributed by atoms with Crippen molar-refractivity contribution in [3.63, 3.8) is 0 Å². The van der Waals surface area contributed by atoms with Gasteiger partial charge in [-0.3, -0.25) is 0 Å². The number of nitrogens with one attached hydrogen (secondary N) is 1. The molecule has 0 aliphatic carbocycles. The number of anilines is 1. The number of hydrogen-bond acceptors (Lipinski definition) is 7. The van der Waals surface area contributed by atoms with Gasteiger partial charge in [-0.2, -0.15) is 0 Å². The molecule has 0 saturated carbocycles. The van der Waals surface area contributed by atoms with Gasteiger partial charge in [-0.25, -0.2) is 0 Å². The van der Waals surface area contributed by atoms with Crippen LogP contribution in [0.4, 0.5) is 5.82 Å². The number of thioether (sulfide) groups is 1. The first kappa shape index (κ1) is 18.8. The van der Waals surface area contributed by atoms with Gasteiger partial charge in [0, 0.05) is 0 Å². The molecule has 2 aromatic heterocycles. The van der Waals surface area contributed by atoms with Crippen LogP contribution < -0.4 is 9.80 Å². The van der Waals surface area contributed by atoms with Crippen molar-refractivity contribution >= 4 is 49.0 Å². The molecule has 0 bridgehead atoms. The quantitative estimate of drug-likeness (QED) is 0.358. The van der Waals surface area contributed by atoms with Crippen LogP contribution in [-0.2, 0) is 12.3 Å². The van der Waals surface area contributed by atoms with E-state index in [9.17, 15) is 4.55 Å². The van der Waals surface area contributed by atoms with E-state index in [1.54, 1.807) is 0 Å². The van der Waals surface area contributed by atoms with Crippen molar-refractivity contribution in [3.05, 3.63) is 23.7 Å². The Balaban J connectivity index is 1.68. The van der Waals surface area contributed by atoms with Gasteiger partial charge in [-0.1, -0.05) is 0 Å². The Morgan fingerprint density at radius 1 is 1.35 bits per heavy atom. The number of furan rings is 1. The monoisotopic (exact) mass is 418 g/mol. The van der Waals surface area contributed by atoms with Gasteiger partial charge >= 0.3 is 151 Å². The Morgan fingerprint density at radius 3 is 2.87 bits per heavy atom. The number of nitrogens with zero attached hydrogens (tertiary/aromatic N) is 3. The summed E-state index contributed by atoms with van der Waals surface area (Å²) < 4.78 is 26.3. The average molecular weight is 418 g/mol. The number of aromatic nitrogens is 2. The van der Waals surface area contributed by atoms with Gasteiger partial charge in [-0.05, 0) is 0 Å². The zero-order valence-electron chi connectivity index (χ0n) is 13.7. The zero-order valence-corrected chi connectivity index (χ0v) is 17.4. The van der Waals surface area contributed by atoms with E-state index in [0.717, 1.165) is 51.6 Å². The molecule has 0 radical (unpaired) electrons. The second-order valence-corrected chi connectivity index (χ2v) is 9.94. The summed E-state index contributed by atoms with van der Waals surface area (Å²) in [4.78, 5) is 2.09. The average Bonchev–Trinajstić information content (AvgIpc) is 3.05. The van der Waals surface area contributed by atoms with Crippen LogP contribution in [-0.4, -0.2) is 60.3 Å². The second kappa shape index (κ2) is 9.69. The third kappa shape index (κ3) is 6.47. The van der Waals surface area contributed by atoms with Crippen LogP contribution in [0.15, 0.2) is 16.5 Å². The minimum absolute atomic E-state index is 0.385. The summed E-state index contributed by atoms with van der Waals surface area (Å²) in [5.41, 5.74) is 0. The SMILES string of the molecule is CCNc1n[s+]([O-])nc1[AsH]CCSCc1ccc(CN(C)C)o1. The van der Waals surface area contributed by atoms with Gasteiger partial charge in [0.1, 0.15) is 0 Å². The molecule has 1 N–H and O–H groups in total. The van der Waals surface area contributed by atoms with Gasteiger partial charge in [0.05, 0.1) is 0 Å². The van der Waals surface area contributed by atoms with Crippen molar-refractivity contribution in [2.24, 2.45) is 0 Å². The Bertz CT molecular complexity index is 603. The Hall–Kier alpha value is -0.532. The normalized spacial score (nSPS) is 12.7. The van der Waals surface area contributed by atoms with Gasteiger partial charge < -0.3 is 0 Å². The molecular weight excluding hydrogens is 395 g/mol. The minimum atomic E-state index is -1.40. The fourth-order valence-electron chi connectivity index (χ4n) is 1.97. The molecule has 0 fully saturated rings. The molecule has 0 amide bonds. The number of rotatable bonds is 10. The molecule has 2 atom stereocenters. The van der Waals surface area contributed by atoms with Crippen LogP contribution in [0.2, 0.25) is 5.21 Å². The maximum absolute atomic E-state index is 11.4. The molecule has 0 spiro atoms. The van der Waals surface area contributed by atoms with Crippen molar-refractivity contribution in [1.82, 2.24) is 13.6 Å². The molecule has 9 heteroatoms. The van der Waals surface area contributed by atoms with Crippen molar-refractivity contribution in [3.8, 4) is 0 Å². The third-order valence-electron chi connectivity index (χ3n) is 2.88. The van der Waals surface area contributed by atoms with E-state index in [1.807, 2.05) is 38.8 Å². The van der Waals surface area contributed by atoms with Crippen LogP contribution in [0.25, 0.3) is 0 Å². The molecule has 0 aliphatic heterocycles. The van der Waals surface area contributed by atoms with Crippen LogP contribution in [0.3, 0.4) is 0 Å². The Morgan fingerprint density at radius 2 is 2.13 bits per heavy atom. The summed E-state index contributed by atoms with van der Waals surface area (Å²) in [5, 5.41) is 4.25. The maximum atomic E-state index is 11.4. The van der Waals surface area contributed by atoms with E-state index in [-0.39, 0.29) is 15.8 Å². The first-order valence-corrected chi connectivity index (χ1v) is 12.2. The molecule has 2 unspecified atom stereocenters. The van der Waals surface area contributed by atoms with Gasteiger partial charge in [-0.15, -0.1) is 0 Å². The van der Waals surface area contributed by atoms with Crippen molar-refractivity contribution in [2.45, 2.75) is 24.4 Å². The fraction of sp³-hybridized carbons (Fsp3) is 0.571. The number of hydrogen-bond donors (Lipinski definition) is 1.